The number of rotatable bonds is 5. The topological polar surface area (TPSA) is 58.3 Å². The summed E-state index contributed by atoms with van der Waals surface area (Å²) in [5, 5.41) is 12.5. The van der Waals surface area contributed by atoms with E-state index in [9.17, 15) is 9.50 Å². The lowest BCUT2D eigenvalue weighted by Gasteiger charge is -2.32. The van der Waals surface area contributed by atoms with Gasteiger partial charge < -0.3 is 16.2 Å². The van der Waals surface area contributed by atoms with Crippen molar-refractivity contribution in [1.82, 2.24) is 0 Å². The van der Waals surface area contributed by atoms with Crippen molar-refractivity contribution in [2.75, 3.05) is 17.7 Å². The predicted molar refractivity (Wildman–Crippen MR) is 64.8 cm³/mol. The second-order valence-corrected chi connectivity index (χ2v) is 3.97. The van der Waals surface area contributed by atoms with Crippen molar-refractivity contribution in [3.8, 4) is 0 Å². The van der Waals surface area contributed by atoms with Crippen molar-refractivity contribution in [1.29, 1.82) is 0 Å². The van der Waals surface area contributed by atoms with Gasteiger partial charge in [-0.25, -0.2) is 4.39 Å². The van der Waals surface area contributed by atoms with Gasteiger partial charge in [-0.2, -0.15) is 0 Å². The summed E-state index contributed by atoms with van der Waals surface area (Å²) in [6, 6.07) is 4.63. The molecule has 0 saturated carbocycles. The molecule has 0 radical (unpaired) electrons. The van der Waals surface area contributed by atoms with Gasteiger partial charge in [0.25, 0.3) is 0 Å². The standard InChI is InChI=1S/C12H19FN2O/c1-3-12(4-2,8-16)15-10-7-5-6-9(13)11(10)14/h5-7,15-16H,3-4,8,14H2,1-2H3. The fourth-order valence-corrected chi connectivity index (χ4v) is 1.62. The SMILES string of the molecule is CCC(CC)(CO)Nc1cccc(F)c1N. The molecule has 1 aromatic carbocycles. The first-order valence-electron chi connectivity index (χ1n) is 5.51. The molecule has 0 aliphatic heterocycles. The number of halogens is 1. The summed E-state index contributed by atoms with van der Waals surface area (Å²) in [4.78, 5) is 0. The number of nitrogen functional groups attached to an aromatic ring is 1. The highest BCUT2D eigenvalue weighted by atomic mass is 19.1. The Labute approximate surface area is 95.5 Å². The summed E-state index contributed by atoms with van der Waals surface area (Å²) in [6.07, 6.45) is 1.49. The van der Waals surface area contributed by atoms with Crippen LogP contribution in [-0.2, 0) is 0 Å². The molecule has 0 unspecified atom stereocenters. The summed E-state index contributed by atoms with van der Waals surface area (Å²) in [6.45, 7) is 3.94. The van der Waals surface area contributed by atoms with E-state index in [1.165, 1.54) is 6.07 Å². The van der Waals surface area contributed by atoms with E-state index in [1.54, 1.807) is 12.1 Å². The van der Waals surface area contributed by atoms with Crippen molar-refractivity contribution < 1.29 is 9.50 Å². The molecule has 1 aromatic rings. The molecule has 4 heteroatoms. The first kappa shape index (κ1) is 12.8. The molecular weight excluding hydrogens is 207 g/mol. The number of hydrogen-bond acceptors (Lipinski definition) is 3. The van der Waals surface area contributed by atoms with E-state index in [4.69, 9.17) is 5.73 Å². The Bertz CT molecular complexity index is 343. The van der Waals surface area contributed by atoms with Crippen LogP contribution in [0.5, 0.6) is 0 Å². The Morgan fingerprint density at radius 1 is 1.38 bits per heavy atom. The second kappa shape index (κ2) is 5.16. The second-order valence-electron chi connectivity index (χ2n) is 3.97. The zero-order chi connectivity index (χ0) is 12.2. The zero-order valence-electron chi connectivity index (χ0n) is 9.76. The normalized spacial score (nSPS) is 11.5. The highest BCUT2D eigenvalue weighted by molar-refractivity contribution is 5.67. The third-order valence-electron chi connectivity index (χ3n) is 3.11. The number of nitrogens with one attached hydrogen (secondary N) is 1. The largest absolute Gasteiger partial charge is 0.395 e. The maximum absolute atomic E-state index is 13.2. The van der Waals surface area contributed by atoms with Crippen LogP contribution in [0.1, 0.15) is 26.7 Å². The molecular formula is C12H19FN2O. The van der Waals surface area contributed by atoms with Gasteiger partial charge in [0.1, 0.15) is 5.82 Å². The Balaban J connectivity index is 2.98. The molecule has 0 atom stereocenters. The van der Waals surface area contributed by atoms with Crippen molar-refractivity contribution in [3.05, 3.63) is 24.0 Å². The van der Waals surface area contributed by atoms with Crippen LogP contribution in [-0.4, -0.2) is 17.3 Å². The maximum Gasteiger partial charge on any atom is 0.148 e. The first-order chi connectivity index (χ1) is 7.58. The molecule has 4 N–H and O–H groups in total. The Hall–Kier alpha value is -1.29. The fourth-order valence-electron chi connectivity index (χ4n) is 1.62. The highest BCUT2D eigenvalue weighted by Gasteiger charge is 2.25. The van der Waals surface area contributed by atoms with Gasteiger partial charge in [-0.05, 0) is 25.0 Å². The van der Waals surface area contributed by atoms with E-state index in [2.05, 4.69) is 5.32 Å². The molecule has 0 aliphatic carbocycles. The van der Waals surface area contributed by atoms with Gasteiger partial charge in [0, 0.05) is 0 Å². The maximum atomic E-state index is 13.2. The van der Waals surface area contributed by atoms with Gasteiger partial charge in [0.05, 0.1) is 23.5 Å². The molecule has 0 aliphatic rings. The number of para-hydroxylation sites is 1. The van der Waals surface area contributed by atoms with Gasteiger partial charge in [-0.3, -0.25) is 0 Å². The molecule has 0 spiro atoms. The van der Waals surface area contributed by atoms with Crippen molar-refractivity contribution in [2.24, 2.45) is 0 Å². The zero-order valence-corrected chi connectivity index (χ0v) is 9.76. The average molecular weight is 226 g/mol. The van der Waals surface area contributed by atoms with E-state index < -0.39 is 11.4 Å². The van der Waals surface area contributed by atoms with Crippen molar-refractivity contribution in [3.63, 3.8) is 0 Å². The lowest BCUT2D eigenvalue weighted by molar-refractivity contribution is 0.202. The van der Waals surface area contributed by atoms with Crippen LogP contribution in [0, 0.1) is 5.82 Å². The number of hydrogen-bond donors (Lipinski definition) is 3. The lowest BCUT2D eigenvalue weighted by Crippen LogP contribution is -2.41. The van der Waals surface area contributed by atoms with Crippen LogP contribution in [0.15, 0.2) is 18.2 Å². The lowest BCUT2D eigenvalue weighted by atomic mass is 9.93. The summed E-state index contributed by atoms with van der Waals surface area (Å²) in [7, 11) is 0. The van der Waals surface area contributed by atoms with Gasteiger partial charge in [0.15, 0.2) is 0 Å². The number of anilines is 2. The number of aliphatic hydroxyl groups is 1. The average Bonchev–Trinajstić information content (AvgIpc) is 2.32. The monoisotopic (exact) mass is 226 g/mol. The van der Waals surface area contributed by atoms with Crippen LogP contribution in [0.4, 0.5) is 15.8 Å². The van der Waals surface area contributed by atoms with E-state index in [1.807, 2.05) is 13.8 Å². The number of benzene rings is 1. The summed E-state index contributed by atoms with van der Waals surface area (Å²) in [5.74, 6) is -0.441. The van der Waals surface area contributed by atoms with E-state index in [-0.39, 0.29) is 12.3 Å². The van der Waals surface area contributed by atoms with Gasteiger partial charge >= 0.3 is 0 Å². The summed E-state index contributed by atoms with van der Waals surface area (Å²) < 4.78 is 13.2. The van der Waals surface area contributed by atoms with Crippen LogP contribution < -0.4 is 11.1 Å². The predicted octanol–water partition coefficient (Wildman–Crippen LogP) is 2.37. The molecule has 90 valence electrons. The fraction of sp³-hybridized carbons (Fsp3) is 0.500. The van der Waals surface area contributed by atoms with Crippen molar-refractivity contribution >= 4 is 11.4 Å². The van der Waals surface area contributed by atoms with Crippen LogP contribution in [0.2, 0.25) is 0 Å². The Morgan fingerprint density at radius 3 is 2.50 bits per heavy atom. The quantitative estimate of drug-likeness (QED) is 0.675. The molecule has 1 rings (SSSR count). The molecule has 16 heavy (non-hydrogen) atoms. The smallest absolute Gasteiger partial charge is 0.148 e. The highest BCUT2D eigenvalue weighted by Crippen LogP contribution is 2.27. The first-order valence-corrected chi connectivity index (χ1v) is 5.51. The van der Waals surface area contributed by atoms with E-state index >= 15 is 0 Å². The number of aliphatic hydroxyl groups excluding tert-OH is 1. The van der Waals surface area contributed by atoms with Gasteiger partial charge in [-0.1, -0.05) is 19.9 Å². The van der Waals surface area contributed by atoms with Gasteiger partial charge in [-0.15, -0.1) is 0 Å². The molecule has 3 nitrogen and oxygen atoms in total. The molecule has 0 amide bonds. The van der Waals surface area contributed by atoms with Gasteiger partial charge in [0.2, 0.25) is 0 Å². The minimum Gasteiger partial charge on any atom is -0.395 e. The molecule has 0 saturated heterocycles. The third-order valence-corrected chi connectivity index (χ3v) is 3.11. The minimum absolute atomic E-state index is 0.00401. The Kier molecular flexibility index (Phi) is 4.12. The van der Waals surface area contributed by atoms with Crippen molar-refractivity contribution in [2.45, 2.75) is 32.2 Å². The molecule has 0 heterocycles. The number of nitrogens with two attached hydrogens (primary N) is 1. The summed E-state index contributed by atoms with van der Waals surface area (Å²) >= 11 is 0. The molecule has 0 bridgehead atoms. The minimum atomic E-state index is -0.441. The Morgan fingerprint density at radius 2 is 2.00 bits per heavy atom. The summed E-state index contributed by atoms with van der Waals surface area (Å²) in [5.41, 5.74) is 5.84. The third kappa shape index (κ3) is 2.44. The molecule has 0 aromatic heterocycles. The van der Waals surface area contributed by atoms with Crippen LogP contribution in [0.3, 0.4) is 0 Å². The van der Waals surface area contributed by atoms with Crippen LogP contribution in [0.25, 0.3) is 0 Å². The molecule has 0 fully saturated rings. The van der Waals surface area contributed by atoms with E-state index in [0.717, 1.165) is 12.8 Å². The van der Waals surface area contributed by atoms with E-state index in [0.29, 0.717) is 5.69 Å². The van der Waals surface area contributed by atoms with Crippen LogP contribution >= 0.6 is 0 Å².